The summed E-state index contributed by atoms with van der Waals surface area (Å²) in [7, 11) is 0. The predicted molar refractivity (Wildman–Crippen MR) is 88.4 cm³/mol. The molecule has 3 N–H and O–H groups in total. The molecule has 0 saturated heterocycles. The first-order valence-electron chi connectivity index (χ1n) is 7.31. The Morgan fingerprint density at radius 1 is 1.30 bits per heavy atom. The van der Waals surface area contributed by atoms with Crippen LogP contribution in [-0.2, 0) is 17.8 Å². The third-order valence-corrected chi connectivity index (χ3v) is 3.95. The summed E-state index contributed by atoms with van der Waals surface area (Å²) in [5.74, 6) is -0.274. The lowest BCUT2D eigenvalue weighted by Crippen LogP contribution is -2.33. The number of amides is 2. The Bertz CT molecular complexity index is 667. The molecule has 1 aromatic carbocycles. The summed E-state index contributed by atoms with van der Waals surface area (Å²) in [5.41, 5.74) is 6.33. The van der Waals surface area contributed by atoms with Gasteiger partial charge in [0, 0.05) is 10.9 Å². The molecule has 2 rings (SSSR count). The standard InChI is InChI=1S/C16H19N3O3S/c1-2-3-15-19-12(10-23-15)9-22-13-6-4-11(5-7-13)16(21)18-8-14(17)20/h4-7,10H,2-3,8-9H2,1H3,(H2,17,20)(H,18,21). The van der Waals surface area contributed by atoms with Crippen LogP contribution >= 0.6 is 11.3 Å². The van der Waals surface area contributed by atoms with Gasteiger partial charge >= 0.3 is 0 Å². The van der Waals surface area contributed by atoms with Gasteiger partial charge in [0.05, 0.1) is 17.2 Å². The first-order valence-corrected chi connectivity index (χ1v) is 8.19. The van der Waals surface area contributed by atoms with Gasteiger partial charge in [-0.25, -0.2) is 4.98 Å². The second-order valence-electron chi connectivity index (χ2n) is 4.94. The van der Waals surface area contributed by atoms with Crippen molar-refractivity contribution in [1.29, 1.82) is 0 Å². The smallest absolute Gasteiger partial charge is 0.251 e. The number of rotatable bonds is 8. The number of carbonyl (C=O) groups excluding carboxylic acids is 2. The molecular formula is C16H19N3O3S. The van der Waals surface area contributed by atoms with E-state index in [9.17, 15) is 9.59 Å². The van der Waals surface area contributed by atoms with Gasteiger partial charge in [-0.15, -0.1) is 11.3 Å². The molecule has 0 atom stereocenters. The van der Waals surface area contributed by atoms with Gasteiger partial charge in [-0.05, 0) is 37.1 Å². The van der Waals surface area contributed by atoms with E-state index in [2.05, 4.69) is 17.2 Å². The summed E-state index contributed by atoms with van der Waals surface area (Å²) in [4.78, 5) is 26.9. The number of hydrogen-bond donors (Lipinski definition) is 2. The van der Waals surface area contributed by atoms with Crippen molar-refractivity contribution in [3.05, 3.63) is 45.9 Å². The van der Waals surface area contributed by atoms with E-state index in [1.807, 2.05) is 5.38 Å². The van der Waals surface area contributed by atoms with Crippen LogP contribution in [-0.4, -0.2) is 23.3 Å². The van der Waals surface area contributed by atoms with E-state index < -0.39 is 5.91 Å². The summed E-state index contributed by atoms with van der Waals surface area (Å²) in [6.07, 6.45) is 2.06. The van der Waals surface area contributed by atoms with E-state index in [4.69, 9.17) is 10.5 Å². The van der Waals surface area contributed by atoms with Crippen LogP contribution in [0.25, 0.3) is 0 Å². The highest BCUT2D eigenvalue weighted by atomic mass is 32.1. The van der Waals surface area contributed by atoms with Crippen molar-refractivity contribution in [2.45, 2.75) is 26.4 Å². The lowest BCUT2D eigenvalue weighted by Gasteiger charge is -2.06. The Morgan fingerprint density at radius 2 is 2.04 bits per heavy atom. The molecule has 0 unspecified atom stereocenters. The average molecular weight is 333 g/mol. The molecule has 0 fully saturated rings. The number of primary amides is 1. The van der Waals surface area contributed by atoms with Gasteiger partial charge in [-0.3, -0.25) is 9.59 Å². The highest BCUT2D eigenvalue weighted by molar-refractivity contribution is 7.09. The lowest BCUT2D eigenvalue weighted by molar-refractivity contribution is -0.117. The first-order chi connectivity index (χ1) is 11.1. The molecule has 23 heavy (non-hydrogen) atoms. The molecule has 0 bridgehead atoms. The van der Waals surface area contributed by atoms with E-state index in [-0.39, 0.29) is 12.5 Å². The maximum absolute atomic E-state index is 11.7. The molecule has 7 heteroatoms. The van der Waals surface area contributed by atoms with Crippen molar-refractivity contribution in [2.75, 3.05) is 6.54 Å². The third kappa shape index (κ3) is 5.37. The fraction of sp³-hybridized carbons (Fsp3) is 0.312. The topological polar surface area (TPSA) is 94.3 Å². The molecule has 1 heterocycles. The third-order valence-electron chi connectivity index (χ3n) is 2.99. The summed E-state index contributed by atoms with van der Waals surface area (Å²) in [6.45, 7) is 2.34. The van der Waals surface area contributed by atoms with Crippen LogP contribution in [0, 0.1) is 0 Å². The summed E-state index contributed by atoms with van der Waals surface area (Å²) >= 11 is 1.64. The minimum Gasteiger partial charge on any atom is -0.487 e. The number of hydrogen-bond acceptors (Lipinski definition) is 5. The number of benzene rings is 1. The van der Waals surface area contributed by atoms with Crippen LogP contribution in [0.1, 0.15) is 34.4 Å². The van der Waals surface area contributed by atoms with Crippen molar-refractivity contribution in [3.8, 4) is 5.75 Å². The Hall–Kier alpha value is -2.41. The Morgan fingerprint density at radius 3 is 2.70 bits per heavy atom. The lowest BCUT2D eigenvalue weighted by atomic mass is 10.2. The normalized spacial score (nSPS) is 10.3. The molecule has 0 saturated carbocycles. The van der Waals surface area contributed by atoms with E-state index >= 15 is 0 Å². The van der Waals surface area contributed by atoms with Gasteiger partial charge in [0.15, 0.2) is 0 Å². The average Bonchev–Trinajstić information content (AvgIpc) is 2.99. The highest BCUT2D eigenvalue weighted by Gasteiger charge is 2.07. The monoisotopic (exact) mass is 333 g/mol. The number of nitrogens with one attached hydrogen (secondary N) is 1. The molecule has 0 aliphatic carbocycles. The molecule has 0 radical (unpaired) electrons. The van der Waals surface area contributed by atoms with Gasteiger partial charge in [0.25, 0.3) is 5.91 Å². The van der Waals surface area contributed by atoms with Crippen LogP contribution in [0.4, 0.5) is 0 Å². The quantitative estimate of drug-likeness (QED) is 0.771. The number of ether oxygens (including phenoxy) is 1. The Kier molecular flexibility index (Phi) is 6.10. The maximum Gasteiger partial charge on any atom is 0.251 e. The van der Waals surface area contributed by atoms with Gasteiger partial charge in [-0.2, -0.15) is 0 Å². The van der Waals surface area contributed by atoms with Gasteiger partial charge in [-0.1, -0.05) is 6.92 Å². The van der Waals surface area contributed by atoms with Crippen LogP contribution in [0.3, 0.4) is 0 Å². The number of nitrogens with two attached hydrogens (primary N) is 1. The summed E-state index contributed by atoms with van der Waals surface area (Å²) < 4.78 is 5.65. The highest BCUT2D eigenvalue weighted by Crippen LogP contribution is 2.16. The van der Waals surface area contributed by atoms with Crippen molar-refractivity contribution in [2.24, 2.45) is 5.73 Å². The molecule has 0 spiro atoms. The van der Waals surface area contributed by atoms with E-state index in [0.29, 0.717) is 17.9 Å². The number of aryl methyl sites for hydroxylation is 1. The minimum absolute atomic E-state index is 0.180. The van der Waals surface area contributed by atoms with E-state index in [1.54, 1.807) is 35.6 Å². The fourth-order valence-electron chi connectivity index (χ4n) is 1.87. The molecule has 1 aromatic heterocycles. The molecule has 2 aromatic rings. The zero-order valence-corrected chi connectivity index (χ0v) is 13.7. The summed E-state index contributed by atoms with van der Waals surface area (Å²) in [6, 6.07) is 6.68. The fourth-order valence-corrected chi connectivity index (χ4v) is 2.76. The zero-order valence-electron chi connectivity index (χ0n) is 12.9. The number of thiazole rings is 1. The molecule has 0 aliphatic rings. The SMILES string of the molecule is CCCc1nc(COc2ccc(C(=O)NCC(N)=O)cc2)cs1. The number of aromatic nitrogens is 1. The van der Waals surface area contributed by atoms with Gasteiger partial charge in [0.1, 0.15) is 12.4 Å². The van der Waals surface area contributed by atoms with Crippen molar-refractivity contribution in [3.63, 3.8) is 0 Å². The number of nitrogens with zero attached hydrogens (tertiary/aromatic N) is 1. The van der Waals surface area contributed by atoms with Crippen molar-refractivity contribution >= 4 is 23.2 Å². The van der Waals surface area contributed by atoms with E-state index in [1.165, 1.54) is 0 Å². The predicted octanol–water partition coefficient (Wildman–Crippen LogP) is 1.89. The molecule has 6 nitrogen and oxygen atoms in total. The Balaban J connectivity index is 1.86. The molecule has 0 aliphatic heterocycles. The van der Waals surface area contributed by atoms with Gasteiger partial charge < -0.3 is 15.8 Å². The van der Waals surface area contributed by atoms with Crippen LogP contribution < -0.4 is 15.8 Å². The number of carbonyl (C=O) groups is 2. The first kappa shape index (κ1) is 17.0. The van der Waals surface area contributed by atoms with E-state index in [0.717, 1.165) is 23.5 Å². The minimum atomic E-state index is -0.580. The van der Waals surface area contributed by atoms with Crippen LogP contribution in [0.5, 0.6) is 5.75 Å². The van der Waals surface area contributed by atoms with Crippen molar-refractivity contribution < 1.29 is 14.3 Å². The largest absolute Gasteiger partial charge is 0.487 e. The van der Waals surface area contributed by atoms with Crippen LogP contribution in [0.15, 0.2) is 29.6 Å². The van der Waals surface area contributed by atoms with Gasteiger partial charge in [0.2, 0.25) is 5.91 Å². The Labute approximate surface area is 138 Å². The summed E-state index contributed by atoms with van der Waals surface area (Å²) in [5, 5.41) is 5.54. The molecular weight excluding hydrogens is 314 g/mol. The van der Waals surface area contributed by atoms with Crippen LogP contribution in [0.2, 0.25) is 0 Å². The molecule has 2 amide bonds. The second kappa shape index (κ2) is 8.28. The zero-order chi connectivity index (χ0) is 16.7. The maximum atomic E-state index is 11.7. The van der Waals surface area contributed by atoms with Crippen molar-refractivity contribution in [1.82, 2.24) is 10.3 Å². The second-order valence-corrected chi connectivity index (χ2v) is 5.89. The molecule has 122 valence electrons.